The highest BCUT2D eigenvalue weighted by atomic mass is 16.5. The molecule has 0 spiro atoms. The number of nitriles is 1. The van der Waals surface area contributed by atoms with Crippen LogP contribution in [0.15, 0.2) is 29.3 Å². The molecular weight excluding hydrogens is 228 g/mol. The molecule has 18 heavy (non-hydrogen) atoms. The molecule has 1 atom stereocenters. The topological polar surface area (TPSA) is 62.4 Å². The molecule has 1 heterocycles. The van der Waals surface area contributed by atoms with Crippen molar-refractivity contribution in [1.82, 2.24) is 0 Å². The third kappa shape index (κ3) is 2.95. The molecule has 1 aliphatic rings. The molecule has 0 amide bonds. The Kier molecular flexibility index (Phi) is 3.73. The Morgan fingerprint density at radius 1 is 1.39 bits per heavy atom. The Bertz CT molecular complexity index is 512. The lowest BCUT2D eigenvalue weighted by Gasteiger charge is -2.00. The number of ether oxygens (including phenoxy) is 1. The van der Waals surface area contributed by atoms with E-state index in [1.807, 2.05) is 12.1 Å². The van der Waals surface area contributed by atoms with Gasteiger partial charge in [-0.2, -0.15) is 5.26 Å². The van der Waals surface area contributed by atoms with Crippen LogP contribution in [0.25, 0.3) is 0 Å². The molecule has 0 bridgehead atoms. The maximum absolute atomic E-state index is 11.3. The van der Waals surface area contributed by atoms with E-state index >= 15 is 0 Å². The molecule has 0 saturated carbocycles. The van der Waals surface area contributed by atoms with Crippen LogP contribution in [-0.4, -0.2) is 24.3 Å². The summed E-state index contributed by atoms with van der Waals surface area (Å²) in [5.74, 6) is -0.243. The lowest BCUT2D eigenvalue weighted by atomic mass is 10.1. The van der Waals surface area contributed by atoms with Gasteiger partial charge in [-0.3, -0.25) is 4.99 Å². The zero-order valence-corrected chi connectivity index (χ0v) is 10.2. The van der Waals surface area contributed by atoms with Crippen LogP contribution in [0, 0.1) is 11.3 Å². The fourth-order valence-electron chi connectivity index (χ4n) is 1.76. The van der Waals surface area contributed by atoms with E-state index in [0.717, 1.165) is 24.1 Å². The second kappa shape index (κ2) is 5.46. The first kappa shape index (κ1) is 12.3. The summed E-state index contributed by atoms with van der Waals surface area (Å²) in [6.45, 7) is 2.18. The smallest absolute Gasteiger partial charge is 0.336 e. The van der Waals surface area contributed by atoms with Gasteiger partial charge in [0.1, 0.15) is 0 Å². The molecular formula is C14H14N2O2. The molecule has 92 valence electrons. The number of nitrogens with zero attached hydrogens (tertiary/aromatic N) is 2. The molecule has 4 nitrogen and oxygen atoms in total. The van der Waals surface area contributed by atoms with E-state index in [1.54, 1.807) is 19.1 Å². The number of carbonyl (C=O) groups excluding carboxylic acids is 1. The Hall–Kier alpha value is -2.15. The van der Waals surface area contributed by atoms with E-state index in [2.05, 4.69) is 11.1 Å². The van der Waals surface area contributed by atoms with Gasteiger partial charge in [-0.05, 0) is 37.5 Å². The summed E-state index contributed by atoms with van der Waals surface area (Å²) in [4.78, 5) is 15.4. The van der Waals surface area contributed by atoms with Gasteiger partial charge >= 0.3 is 5.97 Å². The second-order valence-electron chi connectivity index (χ2n) is 4.08. The van der Waals surface area contributed by atoms with Crippen molar-refractivity contribution in [1.29, 1.82) is 5.26 Å². The maximum Gasteiger partial charge on any atom is 0.336 e. The van der Waals surface area contributed by atoms with Gasteiger partial charge in [-0.25, -0.2) is 4.79 Å². The average molecular weight is 242 g/mol. The number of carbonyl (C=O) groups is 1. The van der Waals surface area contributed by atoms with Crippen LogP contribution in [0.1, 0.15) is 24.5 Å². The van der Waals surface area contributed by atoms with Gasteiger partial charge in [0.05, 0.1) is 24.0 Å². The van der Waals surface area contributed by atoms with Crippen molar-refractivity contribution in [3.63, 3.8) is 0 Å². The third-order valence-electron chi connectivity index (χ3n) is 2.81. The lowest BCUT2D eigenvalue weighted by molar-refractivity contribution is -0.142. The Balaban J connectivity index is 1.78. The van der Waals surface area contributed by atoms with E-state index in [-0.39, 0.29) is 12.0 Å². The first-order valence-electron chi connectivity index (χ1n) is 5.97. The van der Waals surface area contributed by atoms with Gasteiger partial charge < -0.3 is 4.74 Å². The fourth-order valence-corrected chi connectivity index (χ4v) is 1.76. The van der Waals surface area contributed by atoms with Crippen molar-refractivity contribution in [2.45, 2.75) is 25.8 Å². The molecule has 0 radical (unpaired) electrons. The first-order valence-corrected chi connectivity index (χ1v) is 5.97. The molecule has 1 aliphatic heterocycles. The maximum atomic E-state index is 11.3. The van der Waals surface area contributed by atoms with Crippen LogP contribution in [0.5, 0.6) is 0 Å². The molecule has 0 aromatic heterocycles. The summed E-state index contributed by atoms with van der Waals surface area (Å²) in [6.07, 6.45) is 1.61. The average Bonchev–Trinajstić information content (AvgIpc) is 3.17. The van der Waals surface area contributed by atoms with Crippen LogP contribution < -0.4 is 0 Å². The van der Waals surface area contributed by atoms with Gasteiger partial charge in [-0.1, -0.05) is 12.1 Å². The minimum absolute atomic E-state index is 0.243. The summed E-state index contributed by atoms with van der Waals surface area (Å²) in [5, 5.41) is 8.68. The van der Waals surface area contributed by atoms with Crippen molar-refractivity contribution in [2.75, 3.05) is 6.61 Å². The number of benzene rings is 1. The van der Waals surface area contributed by atoms with Crippen LogP contribution in [-0.2, 0) is 16.0 Å². The number of rotatable bonds is 5. The van der Waals surface area contributed by atoms with Crippen molar-refractivity contribution < 1.29 is 9.53 Å². The standard InChI is InChI=1S/C14H14N2O2/c1-2-18-14(17)13-12(16-13)8-7-10-3-5-11(9-15)6-4-10/h3-6,13H,2,7-8H2,1H3. The largest absolute Gasteiger partial charge is 0.464 e. The van der Waals surface area contributed by atoms with Crippen molar-refractivity contribution in [3.8, 4) is 6.07 Å². The van der Waals surface area contributed by atoms with Crippen LogP contribution >= 0.6 is 0 Å². The fraction of sp³-hybridized carbons (Fsp3) is 0.357. The molecule has 0 aliphatic carbocycles. The SMILES string of the molecule is CCOC(=O)C1N=C1CCc1ccc(C#N)cc1. The third-order valence-corrected chi connectivity index (χ3v) is 2.81. The van der Waals surface area contributed by atoms with Crippen molar-refractivity contribution in [3.05, 3.63) is 35.4 Å². The number of hydrogen-bond acceptors (Lipinski definition) is 4. The molecule has 1 unspecified atom stereocenters. The molecule has 0 saturated heterocycles. The zero-order chi connectivity index (χ0) is 13.0. The monoisotopic (exact) mass is 242 g/mol. The first-order chi connectivity index (χ1) is 8.74. The minimum atomic E-state index is -0.330. The van der Waals surface area contributed by atoms with Gasteiger partial charge in [0.2, 0.25) is 0 Å². The number of aliphatic imine (C=N–C) groups is 1. The molecule has 4 heteroatoms. The predicted octanol–water partition coefficient (Wildman–Crippen LogP) is 1.88. The number of hydrogen-bond donors (Lipinski definition) is 0. The molecule has 0 fully saturated rings. The van der Waals surface area contributed by atoms with Gasteiger partial charge in [0.15, 0.2) is 6.04 Å². The van der Waals surface area contributed by atoms with Crippen LogP contribution in [0.2, 0.25) is 0 Å². The molecule has 1 aromatic rings. The molecule has 2 rings (SSSR count). The van der Waals surface area contributed by atoms with E-state index < -0.39 is 0 Å². The second-order valence-corrected chi connectivity index (χ2v) is 4.08. The molecule has 0 N–H and O–H groups in total. The normalized spacial score (nSPS) is 16.7. The Labute approximate surface area is 106 Å². The Morgan fingerprint density at radius 3 is 2.72 bits per heavy atom. The quantitative estimate of drug-likeness (QED) is 0.740. The summed E-state index contributed by atoms with van der Waals surface area (Å²) in [5.41, 5.74) is 2.72. The van der Waals surface area contributed by atoms with Crippen molar-refractivity contribution in [2.24, 2.45) is 4.99 Å². The number of esters is 1. The summed E-state index contributed by atoms with van der Waals surface area (Å²) in [6, 6.07) is 9.21. The van der Waals surface area contributed by atoms with E-state index in [9.17, 15) is 4.79 Å². The van der Waals surface area contributed by atoms with E-state index in [4.69, 9.17) is 10.00 Å². The summed E-state index contributed by atoms with van der Waals surface area (Å²) < 4.78 is 4.89. The zero-order valence-electron chi connectivity index (χ0n) is 10.2. The Morgan fingerprint density at radius 2 is 2.11 bits per heavy atom. The van der Waals surface area contributed by atoms with Crippen LogP contribution in [0.4, 0.5) is 0 Å². The van der Waals surface area contributed by atoms with E-state index in [0.29, 0.717) is 12.2 Å². The summed E-state index contributed by atoms with van der Waals surface area (Å²) >= 11 is 0. The highest BCUT2D eigenvalue weighted by Gasteiger charge is 2.35. The number of aryl methyl sites for hydroxylation is 1. The van der Waals surface area contributed by atoms with Gasteiger partial charge in [0.25, 0.3) is 0 Å². The van der Waals surface area contributed by atoms with Crippen LogP contribution in [0.3, 0.4) is 0 Å². The van der Waals surface area contributed by atoms with Gasteiger partial charge in [-0.15, -0.1) is 0 Å². The van der Waals surface area contributed by atoms with Crippen molar-refractivity contribution >= 4 is 11.7 Å². The minimum Gasteiger partial charge on any atom is -0.464 e. The summed E-state index contributed by atoms with van der Waals surface area (Å²) in [7, 11) is 0. The highest BCUT2D eigenvalue weighted by molar-refractivity contribution is 6.16. The highest BCUT2D eigenvalue weighted by Crippen LogP contribution is 2.19. The van der Waals surface area contributed by atoms with Gasteiger partial charge in [0, 0.05) is 0 Å². The van der Waals surface area contributed by atoms with E-state index in [1.165, 1.54) is 0 Å². The predicted molar refractivity (Wildman–Crippen MR) is 67.3 cm³/mol. The molecule has 1 aromatic carbocycles. The lowest BCUT2D eigenvalue weighted by Crippen LogP contribution is -2.16.